The molecule has 0 amide bonds. The lowest BCUT2D eigenvalue weighted by atomic mass is 9.80. The molecule has 0 bridgehead atoms. The third-order valence-corrected chi connectivity index (χ3v) is 3.28. The summed E-state index contributed by atoms with van der Waals surface area (Å²) in [5.41, 5.74) is 5.13. The fourth-order valence-electron chi connectivity index (χ4n) is 2.09. The average Bonchev–Trinajstić information content (AvgIpc) is 2.03. The summed E-state index contributed by atoms with van der Waals surface area (Å²) in [6.07, 6.45) is 2.10. The standard InChI is InChI=1S/C10H22N2O/c1-10(2,13)8-4-5-12(3)9(6-8)7-11/h8-9,13H,4-7,11H2,1-3H3. The summed E-state index contributed by atoms with van der Waals surface area (Å²) < 4.78 is 0. The quantitative estimate of drug-likeness (QED) is 0.657. The minimum absolute atomic E-state index is 0.400. The molecule has 0 aromatic rings. The summed E-state index contributed by atoms with van der Waals surface area (Å²) in [6.45, 7) is 5.55. The number of likely N-dealkylation sites (tertiary alicyclic amines) is 1. The molecule has 1 aliphatic rings. The van der Waals surface area contributed by atoms with Gasteiger partial charge in [0.05, 0.1) is 5.60 Å². The second-order valence-corrected chi connectivity index (χ2v) is 4.75. The number of rotatable bonds is 2. The highest BCUT2D eigenvalue weighted by atomic mass is 16.3. The minimum atomic E-state index is -0.547. The number of nitrogens with two attached hydrogens (primary N) is 1. The van der Waals surface area contributed by atoms with Crippen molar-refractivity contribution in [2.75, 3.05) is 20.1 Å². The van der Waals surface area contributed by atoms with Gasteiger partial charge in [-0.1, -0.05) is 0 Å². The van der Waals surface area contributed by atoms with Crippen LogP contribution in [0, 0.1) is 5.92 Å². The highest BCUT2D eigenvalue weighted by molar-refractivity contribution is 4.87. The van der Waals surface area contributed by atoms with Crippen LogP contribution in [0.15, 0.2) is 0 Å². The van der Waals surface area contributed by atoms with Crippen molar-refractivity contribution in [2.45, 2.75) is 38.3 Å². The van der Waals surface area contributed by atoms with Gasteiger partial charge in [-0.25, -0.2) is 0 Å². The predicted octanol–water partition coefficient (Wildman–Crippen LogP) is 0.426. The lowest BCUT2D eigenvalue weighted by Gasteiger charge is -2.41. The second-order valence-electron chi connectivity index (χ2n) is 4.75. The van der Waals surface area contributed by atoms with E-state index in [9.17, 15) is 5.11 Å². The number of hydrogen-bond donors (Lipinski definition) is 2. The molecule has 1 aliphatic heterocycles. The van der Waals surface area contributed by atoms with Crippen LogP contribution < -0.4 is 5.73 Å². The third kappa shape index (κ3) is 2.66. The summed E-state index contributed by atoms with van der Waals surface area (Å²) >= 11 is 0. The van der Waals surface area contributed by atoms with Crippen LogP contribution in [0.1, 0.15) is 26.7 Å². The monoisotopic (exact) mass is 186 g/mol. The Labute approximate surface area is 80.9 Å². The summed E-state index contributed by atoms with van der Waals surface area (Å²) in [5.74, 6) is 0.400. The molecule has 2 atom stereocenters. The maximum Gasteiger partial charge on any atom is 0.0620 e. The first kappa shape index (κ1) is 11.0. The van der Waals surface area contributed by atoms with Gasteiger partial charge in [0, 0.05) is 12.6 Å². The summed E-state index contributed by atoms with van der Waals surface area (Å²) in [5, 5.41) is 9.88. The number of hydrogen-bond acceptors (Lipinski definition) is 3. The maximum atomic E-state index is 9.88. The molecule has 0 aliphatic carbocycles. The smallest absolute Gasteiger partial charge is 0.0620 e. The molecule has 0 aromatic heterocycles. The molecule has 3 heteroatoms. The van der Waals surface area contributed by atoms with Crippen LogP contribution in [0.25, 0.3) is 0 Å². The van der Waals surface area contributed by atoms with Crippen LogP contribution in [0.4, 0.5) is 0 Å². The molecule has 1 rings (SSSR count). The van der Waals surface area contributed by atoms with Gasteiger partial charge in [0.15, 0.2) is 0 Å². The molecule has 78 valence electrons. The third-order valence-electron chi connectivity index (χ3n) is 3.28. The van der Waals surface area contributed by atoms with E-state index in [1.807, 2.05) is 13.8 Å². The van der Waals surface area contributed by atoms with Gasteiger partial charge in [0.1, 0.15) is 0 Å². The first-order valence-electron chi connectivity index (χ1n) is 5.08. The minimum Gasteiger partial charge on any atom is -0.390 e. The molecule has 0 spiro atoms. The van der Waals surface area contributed by atoms with E-state index in [1.54, 1.807) is 0 Å². The van der Waals surface area contributed by atoms with Crippen molar-refractivity contribution in [2.24, 2.45) is 11.7 Å². The summed E-state index contributed by atoms with van der Waals surface area (Å²) in [4.78, 5) is 2.29. The van der Waals surface area contributed by atoms with Gasteiger partial charge in [-0.05, 0) is 46.2 Å². The Morgan fingerprint density at radius 3 is 2.62 bits per heavy atom. The number of likely N-dealkylation sites (N-methyl/N-ethyl adjacent to an activating group) is 1. The van der Waals surface area contributed by atoms with E-state index in [1.165, 1.54) is 0 Å². The van der Waals surface area contributed by atoms with Crippen LogP contribution in [0.5, 0.6) is 0 Å². The fourth-order valence-corrected chi connectivity index (χ4v) is 2.09. The number of piperidine rings is 1. The zero-order chi connectivity index (χ0) is 10.1. The molecule has 0 saturated carbocycles. The van der Waals surface area contributed by atoms with Crippen molar-refractivity contribution in [3.05, 3.63) is 0 Å². The van der Waals surface area contributed by atoms with Crippen molar-refractivity contribution in [1.82, 2.24) is 4.90 Å². The first-order chi connectivity index (χ1) is 5.95. The van der Waals surface area contributed by atoms with Crippen LogP contribution in [-0.4, -0.2) is 41.8 Å². The van der Waals surface area contributed by atoms with Crippen LogP contribution >= 0.6 is 0 Å². The van der Waals surface area contributed by atoms with Gasteiger partial charge in [-0.15, -0.1) is 0 Å². The van der Waals surface area contributed by atoms with E-state index < -0.39 is 5.60 Å². The van der Waals surface area contributed by atoms with Gasteiger partial charge >= 0.3 is 0 Å². The zero-order valence-corrected chi connectivity index (χ0v) is 8.95. The molecule has 3 nitrogen and oxygen atoms in total. The van der Waals surface area contributed by atoms with E-state index in [0.29, 0.717) is 18.5 Å². The van der Waals surface area contributed by atoms with Gasteiger partial charge < -0.3 is 15.7 Å². The lowest BCUT2D eigenvalue weighted by Crippen LogP contribution is -2.48. The first-order valence-corrected chi connectivity index (χ1v) is 5.08. The second kappa shape index (κ2) is 3.95. The Morgan fingerprint density at radius 1 is 1.54 bits per heavy atom. The van der Waals surface area contributed by atoms with Crippen molar-refractivity contribution < 1.29 is 5.11 Å². The number of aliphatic hydroxyl groups is 1. The topological polar surface area (TPSA) is 49.5 Å². The molecule has 2 unspecified atom stereocenters. The molecule has 1 heterocycles. The molecule has 1 saturated heterocycles. The molecular formula is C10H22N2O. The summed E-state index contributed by atoms with van der Waals surface area (Å²) in [7, 11) is 2.11. The van der Waals surface area contributed by atoms with Crippen molar-refractivity contribution in [3.8, 4) is 0 Å². The normalized spacial score (nSPS) is 32.1. The van der Waals surface area contributed by atoms with Crippen molar-refractivity contribution >= 4 is 0 Å². The van der Waals surface area contributed by atoms with E-state index in [0.717, 1.165) is 19.4 Å². The van der Waals surface area contributed by atoms with Crippen molar-refractivity contribution in [1.29, 1.82) is 0 Å². The van der Waals surface area contributed by atoms with E-state index in [4.69, 9.17) is 5.73 Å². The highest BCUT2D eigenvalue weighted by Crippen LogP contribution is 2.30. The highest BCUT2D eigenvalue weighted by Gasteiger charge is 2.33. The summed E-state index contributed by atoms with van der Waals surface area (Å²) in [6, 6.07) is 0.449. The Morgan fingerprint density at radius 2 is 2.15 bits per heavy atom. The molecule has 1 fully saturated rings. The van der Waals surface area contributed by atoms with E-state index >= 15 is 0 Å². The van der Waals surface area contributed by atoms with Gasteiger partial charge in [-0.2, -0.15) is 0 Å². The van der Waals surface area contributed by atoms with Gasteiger partial charge in [0.2, 0.25) is 0 Å². The van der Waals surface area contributed by atoms with Crippen LogP contribution in [0.2, 0.25) is 0 Å². The lowest BCUT2D eigenvalue weighted by molar-refractivity contribution is -0.0227. The molecule has 0 aromatic carbocycles. The Bertz CT molecular complexity index is 165. The molecule has 0 radical (unpaired) electrons. The van der Waals surface area contributed by atoms with E-state index in [-0.39, 0.29) is 0 Å². The SMILES string of the molecule is CN1CCC(C(C)(C)O)CC1CN. The zero-order valence-electron chi connectivity index (χ0n) is 8.95. The molecular weight excluding hydrogens is 164 g/mol. The fraction of sp³-hybridized carbons (Fsp3) is 1.00. The van der Waals surface area contributed by atoms with Crippen molar-refractivity contribution in [3.63, 3.8) is 0 Å². The van der Waals surface area contributed by atoms with Crippen LogP contribution in [0.3, 0.4) is 0 Å². The maximum absolute atomic E-state index is 9.88. The average molecular weight is 186 g/mol. The van der Waals surface area contributed by atoms with Gasteiger partial charge in [-0.3, -0.25) is 0 Å². The Kier molecular flexibility index (Phi) is 3.33. The molecule has 13 heavy (non-hydrogen) atoms. The molecule has 3 N–H and O–H groups in total. The van der Waals surface area contributed by atoms with E-state index in [2.05, 4.69) is 11.9 Å². The predicted molar refractivity (Wildman–Crippen MR) is 54.5 cm³/mol. The van der Waals surface area contributed by atoms with Gasteiger partial charge in [0.25, 0.3) is 0 Å². The largest absolute Gasteiger partial charge is 0.390 e. The number of nitrogens with zero attached hydrogens (tertiary/aromatic N) is 1. The Hall–Kier alpha value is -0.120. The van der Waals surface area contributed by atoms with Crippen LogP contribution in [-0.2, 0) is 0 Å². The Balaban J connectivity index is 2.55.